The molecule has 0 bridgehead atoms. The van der Waals surface area contributed by atoms with Crippen LogP contribution in [0, 0.1) is 0 Å². The highest BCUT2D eigenvalue weighted by Gasteiger charge is 2.20. The Bertz CT molecular complexity index is 1420. The van der Waals surface area contributed by atoms with Crippen LogP contribution in [0.2, 0.25) is 0 Å². The summed E-state index contributed by atoms with van der Waals surface area (Å²) in [5.74, 6) is 0.360. The minimum atomic E-state index is -0.381. The zero-order valence-electron chi connectivity index (χ0n) is 17.2. The Balaban J connectivity index is 1.42. The van der Waals surface area contributed by atoms with Crippen LogP contribution in [0.1, 0.15) is 17.4 Å². The second kappa shape index (κ2) is 8.47. The number of aromatic amines is 1. The van der Waals surface area contributed by atoms with Crippen LogP contribution in [0.15, 0.2) is 89.9 Å². The van der Waals surface area contributed by atoms with Gasteiger partial charge in [0.2, 0.25) is 5.91 Å². The van der Waals surface area contributed by atoms with Gasteiger partial charge in [0.1, 0.15) is 12.4 Å². The van der Waals surface area contributed by atoms with E-state index in [1.165, 1.54) is 4.68 Å². The van der Waals surface area contributed by atoms with Crippen LogP contribution in [-0.4, -0.2) is 25.7 Å². The SMILES string of the molecule is O=C(Cn1ncc2ccccc2c1=O)N[C@H](Cc1ccccc1)c1nc2ccccc2[nH]1. The molecule has 0 saturated heterocycles. The first-order chi connectivity index (χ1) is 15.7. The fraction of sp³-hybridized carbons (Fsp3) is 0.120. The number of rotatable bonds is 6. The number of nitrogens with zero attached hydrogens (tertiary/aromatic N) is 3. The van der Waals surface area contributed by atoms with Gasteiger partial charge in [-0.15, -0.1) is 0 Å². The van der Waals surface area contributed by atoms with Gasteiger partial charge in [-0.05, 0) is 30.2 Å². The molecule has 0 aliphatic heterocycles. The van der Waals surface area contributed by atoms with Gasteiger partial charge in [-0.25, -0.2) is 9.67 Å². The predicted octanol–water partition coefficient (Wildman–Crippen LogP) is 3.37. The summed E-state index contributed by atoms with van der Waals surface area (Å²) in [6, 6.07) is 24.5. The van der Waals surface area contributed by atoms with Gasteiger partial charge in [-0.1, -0.05) is 60.7 Å². The summed E-state index contributed by atoms with van der Waals surface area (Å²) in [6.07, 6.45) is 2.16. The van der Waals surface area contributed by atoms with Crippen LogP contribution in [0.3, 0.4) is 0 Å². The number of para-hydroxylation sites is 2. The molecule has 0 aliphatic rings. The maximum absolute atomic E-state index is 12.9. The molecule has 3 aromatic carbocycles. The number of benzene rings is 3. The van der Waals surface area contributed by atoms with Gasteiger partial charge in [0.25, 0.3) is 5.56 Å². The highest BCUT2D eigenvalue weighted by Crippen LogP contribution is 2.20. The first-order valence-corrected chi connectivity index (χ1v) is 10.4. The van der Waals surface area contributed by atoms with Crippen molar-refractivity contribution in [1.82, 2.24) is 25.1 Å². The second-order valence-corrected chi connectivity index (χ2v) is 7.64. The Kier molecular flexibility index (Phi) is 5.21. The number of hydrogen-bond donors (Lipinski definition) is 2. The summed E-state index contributed by atoms with van der Waals surface area (Å²) in [5, 5.41) is 8.48. The standard InChI is InChI=1S/C25H21N5O2/c31-23(16-30-25(32)19-11-5-4-10-18(19)15-26-30)27-22(14-17-8-2-1-3-9-17)24-28-20-12-6-7-13-21(20)29-24/h1-13,15,22H,14,16H2,(H,27,31)(H,28,29)/t22-/m1/s1. The molecule has 0 radical (unpaired) electrons. The Labute approximate surface area is 183 Å². The van der Waals surface area contributed by atoms with E-state index in [0.717, 1.165) is 22.0 Å². The second-order valence-electron chi connectivity index (χ2n) is 7.64. The number of H-pyrrole nitrogens is 1. The van der Waals surface area contributed by atoms with E-state index >= 15 is 0 Å². The normalized spacial score (nSPS) is 12.1. The monoisotopic (exact) mass is 423 g/mol. The van der Waals surface area contributed by atoms with E-state index in [2.05, 4.69) is 20.4 Å². The minimum Gasteiger partial charge on any atom is -0.344 e. The molecule has 0 spiro atoms. The molecule has 7 heteroatoms. The maximum Gasteiger partial charge on any atom is 0.275 e. The van der Waals surface area contributed by atoms with Crippen LogP contribution in [0.5, 0.6) is 0 Å². The number of imidazole rings is 1. The van der Waals surface area contributed by atoms with Crippen molar-refractivity contribution in [1.29, 1.82) is 0 Å². The van der Waals surface area contributed by atoms with Crippen molar-refractivity contribution in [3.63, 3.8) is 0 Å². The number of amides is 1. The van der Waals surface area contributed by atoms with E-state index < -0.39 is 0 Å². The van der Waals surface area contributed by atoms with Crippen LogP contribution in [0.4, 0.5) is 0 Å². The molecule has 1 amide bonds. The van der Waals surface area contributed by atoms with Crippen LogP contribution in [0.25, 0.3) is 21.8 Å². The lowest BCUT2D eigenvalue weighted by atomic mass is 10.1. The number of carbonyl (C=O) groups excluding carboxylic acids is 1. The van der Waals surface area contributed by atoms with E-state index in [4.69, 9.17) is 0 Å². The largest absolute Gasteiger partial charge is 0.344 e. The number of carbonyl (C=O) groups is 1. The summed E-state index contributed by atoms with van der Waals surface area (Å²) in [5.41, 5.74) is 2.52. The number of aromatic nitrogens is 4. The Hall–Kier alpha value is -4.26. The first-order valence-electron chi connectivity index (χ1n) is 10.4. The van der Waals surface area contributed by atoms with E-state index in [1.807, 2.05) is 66.7 Å². The molecule has 0 unspecified atom stereocenters. The van der Waals surface area contributed by atoms with Gasteiger partial charge in [0.05, 0.1) is 28.7 Å². The van der Waals surface area contributed by atoms with E-state index in [1.54, 1.807) is 18.3 Å². The molecule has 0 saturated carbocycles. The van der Waals surface area contributed by atoms with Gasteiger partial charge in [0, 0.05) is 5.39 Å². The molecule has 5 aromatic rings. The van der Waals surface area contributed by atoms with E-state index in [0.29, 0.717) is 17.6 Å². The molecule has 2 aromatic heterocycles. The summed E-state index contributed by atoms with van der Waals surface area (Å²) < 4.78 is 1.19. The van der Waals surface area contributed by atoms with Gasteiger partial charge in [-0.2, -0.15) is 5.10 Å². The molecular formula is C25H21N5O2. The third kappa shape index (κ3) is 4.00. The summed E-state index contributed by atoms with van der Waals surface area (Å²) in [6.45, 7) is -0.171. The molecule has 32 heavy (non-hydrogen) atoms. The summed E-state index contributed by atoms with van der Waals surface area (Å²) >= 11 is 0. The lowest BCUT2D eigenvalue weighted by Crippen LogP contribution is -2.36. The van der Waals surface area contributed by atoms with Crippen LogP contribution in [-0.2, 0) is 17.8 Å². The molecule has 1 atom stereocenters. The fourth-order valence-electron chi connectivity index (χ4n) is 3.82. The third-order valence-corrected chi connectivity index (χ3v) is 5.41. The predicted molar refractivity (Wildman–Crippen MR) is 123 cm³/mol. The van der Waals surface area contributed by atoms with Crippen molar-refractivity contribution in [3.05, 3.63) is 107 Å². The lowest BCUT2D eigenvalue weighted by Gasteiger charge is -2.17. The Morgan fingerprint density at radius 1 is 0.969 bits per heavy atom. The lowest BCUT2D eigenvalue weighted by molar-refractivity contribution is -0.122. The zero-order chi connectivity index (χ0) is 21.9. The Morgan fingerprint density at radius 2 is 1.72 bits per heavy atom. The first kappa shape index (κ1) is 19.7. The Morgan fingerprint density at radius 3 is 2.56 bits per heavy atom. The zero-order valence-corrected chi connectivity index (χ0v) is 17.2. The molecule has 2 N–H and O–H groups in total. The van der Waals surface area contributed by atoms with Gasteiger partial charge in [-0.3, -0.25) is 9.59 Å². The van der Waals surface area contributed by atoms with Crippen LogP contribution < -0.4 is 10.9 Å². The van der Waals surface area contributed by atoms with Crippen molar-refractivity contribution >= 4 is 27.7 Å². The van der Waals surface area contributed by atoms with Crippen molar-refractivity contribution in [3.8, 4) is 0 Å². The smallest absolute Gasteiger partial charge is 0.275 e. The van der Waals surface area contributed by atoms with Crippen molar-refractivity contribution < 1.29 is 4.79 Å². The summed E-state index contributed by atoms with van der Waals surface area (Å²) in [4.78, 5) is 33.7. The van der Waals surface area contributed by atoms with Gasteiger partial charge < -0.3 is 10.3 Å². The molecule has 5 rings (SSSR count). The fourth-order valence-corrected chi connectivity index (χ4v) is 3.82. The average Bonchev–Trinajstić information content (AvgIpc) is 3.26. The van der Waals surface area contributed by atoms with E-state index in [9.17, 15) is 9.59 Å². The number of nitrogens with one attached hydrogen (secondary N) is 2. The molecular weight excluding hydrogens is 402 g/mol. The summed E-state index contributed by atoms with van der Waals surface area (Å²) in [7, 11) is 0. The highest BCUT2D eigenvalue weighted by atomic mass is 16.2. The highest BCUT2D eigenvalue weighted by molar-refractivity contribution is 5.81. The minimum absolute atomic E-state index is 0.171. The van der Waals surface area contributed by atoms with E-state index in [-0.39, 0.29) is 24.1 Å². The maximum atomic E-state index is 12.9. The number of fused-ring (bicyclic) bond motifs is 2. The molecule has 158 valence electrons. The average molecular weight is 423 g/mol. The molecule has 0 aliphatic carbocycles. The quantitative estimate of drug-likeness (QED) is 0.438. The van der Waals surface area contributed by atoms with Crippen LogP contribution >= 0.6 is 0 Å². The van der Waals surface area contributed by atoms with Crippen molar-refractivity contribution in [2.45, 2.75) is 19.0 Å². The topological polar surface area (TPSA) is 92.7 Å². The molecule has 7 nitrogen and oxygen atoms in total. The van der Waals surface area contributed by atoms with Crippen molar-refractivity contribution in [2.75, 3.05) is 0 Å². The molecule has 0 fully saturated rings. The van der Waals surface area contributed by atoms with Gasteiger partial charge in [0.15, 0.2) is 0 Å². The third-order valence-electron chi connectivity index (χ3n) is 5.41. The number of hydrogen-bond acceptors (Lipinski definition) is 4. The molecule has 2 heterocycles. The van der Waals surface area contributed by atoms with Crippen molar-refractivity contribution in [2.24, 2.45) is 0 Å². The van der Waals surface area contributed by atoms with Gasteiger partial charge >= 0.3 is 0 Å².